The Labute approximate surface area is 129 Å². The maximum atomic E-state index is 12.5. The molecule has 0 saturated heterocycles. The molecule has 0 radical (unpaired) electrons. The lowest BCUT2D eigenvalue weighted by Gasteiger charge is -2.23. The number of rotatable bonds is 4. The fourth-order valence-corrected chi connectivity index (χ4v) is 2.50. The predicted molar refractivity (Wildman–Crippen MR) is 86.0 cm³/mol. The zero-order chi connectivity index (χ0) is 15.4. The Kier molecular flexibility index (Phi) is 4.86. The monoisotopic (exact) mass is 303 g/mol. The van der Waals surface area contributed by atoms with Gasteiger partial charge in [0.1, 0.15) is 5.75 Å². The SMILES string of the molecule is CCN(C(=O)Cc1cccc(Cl)c1)c1cc(O)ccc1C. The van der Waals surface area contributed by atoms with Crippen LogP contribution in [0.4, 0.5) is 5.69 Å². The van der Waals surface area contributed by atoms with Gasteiger partial charge < -0.3 is 10.0 Å². The van der Waals surface area contributed by atoms with Crippen LogP contribution in [0.1, 0.15) is 18.1 Å². The fourth-order valence-electron chi connectivity index (χ4n) is 2.29. The first kappa shape index (κ1) is 15.4. The van der Waals surface area contributed by atoms with E-state index in [4.69, 9.17) is 11.6 Å². The highest BCUT2D eigenvalue weighted by molar-refractivity contribution is 6.30. The minimum atomic E-state index is -0.0199. The Morgan fingerprint density at radius 2 is 2.00 bits per heavy atom. The second-order valence-electron chi connectivity index (χ2n) is 4.92. The van der Waals surface area contributed by atoms with E-state index in [0.29, 0.717) is 11.6 Å². The summed E-state index contributed by atoms with van der Waals surface area (Å²) in [6.45, 7) is 4.38. The molecule has 2 rings (SSSR count). The van der Waals surface area contributed by atoms with Crippen LogP contribution in [0.5, 0.6) is 5.75 Å². The highest BCUT2D eigenvalue weighted by atomic mass is 35.5. The summed E-state index contributed by atoms with van der Waals surface area (Å²) in [5.41, 5.74) is 2.57. The van der Waals surface area contributed by atoms with E-state index in [1.165, 1.54) is 0 Å². The lowest BCUT2D eigenvalue weighted by atomic mass is 10.1. The number of hydrogen-bond acceptors (Lipinski definition) is 2. The quantitative estimate of drug-likeness (QED) is 0.929. The van der Waals surface area contributed by atoms with Gasteiger partial charge in [0.25, 0.3) is 0 Å². The van der Waals surface area contributed by atoms with Crippen molar-refractivity contribution in [1.29, 1.82) is 0 Å². The molecular formula is C17H18ClNO2. The van der Waals surface area contributed by atoms with E-state index in [1.807, 2.05) is 26.0 Å². The summed E-state index contributed by atoms with van der Waals surface area (Å²) in [5, 5.41) is 10.3. The van der Waals surface area contributed by atoms with E-state index < -0.39 is 0 Å². The number of benzene rings is 2. The molecule has 0 fully saturated rings. The molecule has 2 aromatic rings. The van der Waals surface area contributed by atoms with Crippen LogP contribution in [0.2, 0.25) is 5.02 Å². The number of halogens is 1. The summed E-state index contributed by atoms with van der Waals surface area (Å²) in [6, 6.07) is 12.3. The van der Waals surface area contributed by atoms with Gasteiger partial charge in [0, 0.05) is 17.6 Å². The molecular weight excluding hydrogens is 286 g/mol. The van der Waals surface area contributed by atoms with Gasteiger partial charge >= 0.3 is 0 Å². The number of aryl methyl sites for hydroxylation is 1. The van der Waals surface area contributed by atoms with Crippen LogP contribution in [-0.4, -0.2) is 17.6 Å². The zero-order valence-corrected chi connectivity index (χ0v) is 12.9. The molecule has 1 amide bonds. The minimum absolute atomic E-state index is 0.0199. The first-order valence-corrected chi connectivity index (χ1v) is 7.23. The largest absolute Gasteiger partial charge is 0.508 e. The Balaban J connectivity index is 2.24. The van der Waals surface area contributed by atoms with E-state index in [2.05, 4.69) is 0 Å². The summed E-state index contributed by atoms with van der Waals surface area (Å²) >= 11 is 5.95. The van der Waals surface area contributed by atoms with Gasteiger partial charge in [0.15, 0.2) is 0 Å². The molecule has 110 valence electrons. The normalized spacial score (nSPS) is 10.4. The van der Waals surface area contributed by atoms with Crippen molar-refractivity contribution in [2.24, 2.45) is 0 Å². The van der Waals surface area contributed by atoms with Crippen LogP contribution in [0.25, 0.3) is 0 Å². The molecule has 3 nitrogen and oxygen atoms in total. The zero-order valence-electron chi connectivity index (χ0n) is 12.1. The molecule has 0 saturated carbocycles. The van der Waals surface area contributed by atoms with Crippen molar-refractivity contribution in [1.82, 2.24) is 0 Å². The smallest absolute Gasteiger partial charge is 0.231 e. The molecule has 0 heterocycles. The van der Waals surface area contributed by atoms with E-state index >= 15 is 0 Å². The molecule has 0 unspecified atom stereocenters. The van der Waals surface area contributed by atoms with Crippen LogP contribution in [0.3, 0.4) is 0 Å². The number of carbonyl (C=O) groups is 1. The molecule has 21 heavy (non-hydrogen) atoms. The number of nitrogens with zero attached hydrogens (tertiary/aromatic N) is 1. The maximum absolute atomic E-state index is 12.5. The average molecular weight is 304 g/mol. The van der Waals surface area contributed by atoms with Gasteiger partial charge in [0.05, 0.1) is 12.1 Å². The average Bonchev–Trinajstić information content (AvgIpc) is 2.43. The van der Waals surface area contributed by atoms with Gasteiger partial charge in [-0.15, -0.1) is 0 Å². The number of phenolic OH excluding ortho intramolecular Hbond substituents is 1. The molecule has 1 N–H and O–H groups in total. The Bertz CT molecular complexity index is 655. The number of carbonyl (C=O) groups excluding carboxylic acids is 1. The first-order chi connectivity index (χ1) is 10.0. The van der Waals surface area contributed by atoms with Crippen LogP contribution in [-0.2, 0) is 11.2 Å². The Morgan fingerprint density at radius 3 is 2.67 bits per heavy atom. The second kappa shape index (κ2) is 6.64. The number of hydrogen-bond donors (Lipinski definition) is 1. The topological polar surface area (TPSA) is 40.5 Å². The molecule has 0 aliphatic rings. The number of phenols is 1. The molecule has 0 aromatic heterocycles. The third kappa shape index (κ3) is 3.76. The number of anilines is 1. The van der Waals surface area contributed by atoms with Gasteiger partial charge in [-0.05, 0) is 43.2 Å². The lowest BCUT2D eigenvalue weighted by molar-refractivity contribution is -0.117. The second-order valence-corrected chi connectivity index (χ2v) is 5.35. The standard InChI is InChI=1S/C17H18ClNO2/c1-3-19(16-11-15(20)8-7-12(16)2)17(21)10-13-5-4-6-14(18)9-13/h4-9,11,20H,3,10H2,1-2H3. The van der Waals surface area contributed by atoms with E-state index in [0.717, 1.165) is 16.8 Å². The minimum Gasteiger partial charge on any atom is -0.508 e. The molecule has 0 aliphatic heterocycles. The predicted octanol–water partition coefficient (Wildman–Crippen LogP) is 3.95. The fraction of sp³-hybridized carbons (Fsp3) is 0.235. The first-order valence-electron chi connectivity index (χ1n) is 6.85. The van der Waals surface area contributed by atoms with Crippen molar-refractivity contribution in [3.63, 3.8) is 0 Å². The molecule has 0 atom stereocenters. The molecule has 0 spiro atoms. The van der Waals surface area contributed by atoms with Gasteiger partial charge in [0.2, 0.25) is 5.91 Å². The summed E-state index contributed by atoms with van der Waals surface area (Å²) < 4.78 is 0. The maximum Gasteiger partial charge on any atom is 0.231 e. The van der Waals surface area contributed by atoms with Crippen LogP contribution < -0.4 is 4.90 Å². The van der Waals surface area contributed by atoms with Crippen molar-refractivity contribution < 1.29 is 9.90 Å². The molecule has 4 heteroatoms. The van der Waals surface area contributed by atoms with Crippen LogP contribution >= 0.6 is 11.6 Å². The number of likely N-dealkylation sites (N-methyl/N-ethyl adjacent to an activating group) is 1. The van der Waals surface area contributed by atoms with Gasteiger partial charge in [-0.3, -0.25) is 4.79 Å². The third-order valence-corrected chi connectivity index (χ3v) is 3.58. The summed E-state index contributed by atoms with van der Waals surface area (Å²) in [5.74, 6) is 0.137. The van der Waals surface area contributed by atoms with Crippen molar-refractivity contribution >= 4 is 23.2 Å². The highest BCUT2D eigenvalue weighted by Gasteiger charge is 2.17. The Hall–Kier alpha value is -2.00. The van der Waals surface area contributed by atoms with Crippen molar-refractivity contribution in [2.75, 3.05) is 11.4 Å². The van der Waals surface area contributed by atoms with E-state index in [-0.39, 0.29) is 18.1 Å². The number of amides is 1. The summed E-state index contributed by atoms with van der Waals surface area (Å²) in [4.78, 5) is 14.2. The Morgan fingerprint density at radius 1 is 1.24 bits per heavy atom. The van der Waals surface area contributed by atoms with Gasteiger partial charge in [-0.25, -0.2) is 0 Å². The van der Waals surface area contributed by atoms with Crippen molar-refractivity contribution in [2.45, 2.75) is 20.3 Å². The molecule has 0 bridgehead atoms. The van der Waals surface area contributed by atoms with E-state index in [1.54, 1.807) is 35.2 Å². The third-order valence-electron chi connectivity index (χ3n) is 3.35. The highest BCUT2D eigenvalue weighted by Crippen LogP contribution is 2.25. The number of aromatic hydroxyl groups is 1. The van der Waals surface area contributed by atoms with E-state index in [9.17, 15) is 9.90 Å². The van der Waals surface area contributed by atoms with Crippen LogP contribution in [0.15, 0.2) is 42.5 Å². The van der Waals surface area contributed by atoms with Crippen molar-refractivity contribution in [3.8, 4) is 5.75 Å². The van der Waals surface area contributed by atoms with Crippen LogP contribution in [0, 0.1) is 6.92 Å². The van der Waals surface area contributed by atoms with Gasteiger partial charge in [-0.2, -0.15) is 0 Å². The van der Waals surface area contributed by atoms with Crippen molar-refractivity contribution in [3.05, 3.63) is 58.6 Å². The lowest BCUT2D eigenvalue weighted by Crippen LogP contribution is -2.32. The molecule has 0 aliphatic carbocycles. The summed E-state index contributed by atoms with van der Waals surface area (Å²) in [6.07, 6.45) is 0.281. The molecule has 2 aromatic carbocycles. The summed E-state index contributed by atoms with van der Waals surface area (Å²) in [7, 11) is 0. The van der Waals surface area contributed by atoms with Gasteiger partial charge in [-0.1, -0.05) is 29.8 Å².